The van der Waals surface area contributed by atoms with Crippen LogP contribution < -0.4 is 10.9 Å². The average Bonchev–Trinajstić information content (AvgIpc) is 3.03. The molecule has 0 aliphatic rings. The predicted molar refractivity (Wildman–Crippen MR) is 95.2 cm³/mol. The maximum Gasteiger partial charge on any atom is 0.305 e. The summed E-state index contributed by atoms with van der Waals surface area (Å²) in [6.45, 7) is 0. The van der Waals surface area contributed by atoms with Crippen LogP contribution in [0.5, 0.6) is 0 Å². The molecule has 3 N–H and O–H groups in total. The van der Waals surface area contributed by atoms with E-state index in [4.69, 9.17) is 5.11 Å². The fraction of sp³-hybridized carbons (Fsp3) is 0.105. The first-order chi connectivity index (χ1) is 13.4. The fourth-order valence-corrected chi connectivity index (χ4v) is 2.73. The number of hydrogen-bond acceptors (Lipinski definition) is 3. The number of carbonyl (C=O) groups excluding carboxylic acids is 1. The van der Waals surface area contributed by atoms with E-state index in [-0.39, 0.29) is 16.9 Å². The normalized spacial score (nSPS) is 11.8. The lowest BCUT2D eigenvalue weighted by molar-refractivity contribution is -0.137. The number of aromatic amines is 1. The van der Waals surface area contributed by atoms with Crippen molar-refractivity contribution in [2.75, 3.05) is 0 Å². The van der Waals surface area contributed by atoms with Gasteiger partial charge in [-0.2, -0.15) is 0 Å². The highest BCUT2D eigenvalue weighted by molar-refractivity contribution is 5.92. The number of rotatable bonds is 6. The quantitative estimate of drug-likeness (QED) is 0.604. The van der Waals surface area contributed by atoms with E-state index in [0.29, 0.717) is 0 Å². The van der Waals surface area contributed by atoms with Gasteiger partial charge in [-0.1, -0.05) is 30.3 Å². The van der Waals surface area contributed by atoms with Crippen LogP contribution in [0.3, 0.4) is 0 Å². The zero-order valence-electron chi connectivity index (χ0n) is 14.4. The molecule has 0 aliphatic heterocycles. The van der Waals surface area contributed by atoms with Gasteiger partial charge in [0.2, 0.25) is 0 Å². The molecule has 0 saturated carbocycles. The Morgan fingerprint density at radius 3 is 2.36 bits per heavy atom. The first kappa shape index (κ1) is 19.0. The minimum Gasteiger partial charge on any atom is -0.481 e. The number of nitrogens with zero attached hydrogens (tertiary/aromatic N) is 1. The van der Waals surface area contributed by atoms with Crippen LogP contribution in [-0.4, -0.2) is 26.8 Å². The van der Waals surface area contributed by atoms with Gasteiger partial charge in [-0.25, -0.2) is 13.5 Å². The third kappa shape index (κ3) is 3.98. The van der Waals surface area contributed by atoms with Crippen molar-refractivity contribution >= 4 is 11.9 Å². The number of amides is 1. The number of aliphatic carboxylic acids is 1. The molecule has 144 valence electrons. The lowest BCUT2D eigenvalue weighted by Gasteiger charge is -2.17. The zero-order valence-corrected chi connectivity index (χ0v) is 14.4. The van der Waals surface area contributed by atoms with E-state index < -0.39 is 41.5 Å². The summed E-state index contributed by atoms with van der Waals surface area (Å²) in [6, 6.07) is 10.7. The van der Waals surface area contributed by atoms with Crippen molar-refractivity contribution in [1.82, 2.24) is 15.1 Å². The van der Waals surface area contributed by atoms with Crippen molar-refractivity contribution in [1.29, 1.82) is 0 Å². The summed E-state index contributed by atoms with van der Waals surface area (Å²) in [4.78, 5) is 35.7. The number of hydrogen-bond donors (Lipinski definition) is 3. The number of nitrogens with one attached hydrogen (secondary N) is 2. The summed E-state index contributed by atoms with van der Waals surface area (Å²) in [5.41, 5.74) is -0.993. The summed E-state index contributed by atoms with van der Waals surface area (Å²) >= 11 is 0. The maximum absolute atomic E-state index is 14.0. The molecule has 0 bridgehead atoms. The van der Waals surface area contributed by atoms with Gasteiger partial charge in [-0.3, -0.25) is 19.5 Å². The second kappa shape index (κ2) is 7.87. The Labute approximate surface area is 157 Å². The SMILES string of the molecule is O=C(O)CC(NC(=O)c1cc(=O)n(-c2ccccc2F)[nH]1)c1ccccc1F. The highest BCUT2D eigenvalue weighted by atomic mass is 19.1. The molecule has 1 atom stereocenters. The fourth-order valence-electron chi connectivity index (χ4n) is 2.73. The van der Waals surface area contributed by atoms with Crippen molar-refractivity contribution in [3.8, 4) is 5.69 Å². The lowest BCUT2D eigenvalue weighted by Crippen LogP contribution is -2.31. The van der Waals surface area contributed by atoms with Gasteiger partial charge in [-0.05, 0) is 18.2 Å². The topological polar surface area (TPSA) is 104 Å². The number of carboxylic acids is 1. The first-order valence-corrected chi connectivity index (χ1v) is 8.21. The van der Waals surface area contributed by atoms with Gasteiger partial charge in [0.1, 0.15) is 23.0 Å². The smallest absolute Gasteiger partial charge is 0.305 e. The Hall–Kier alpha value is -3.75. The van der Waals surface area contributed by atoms with E-state index in [1.807, 2.05) is 0 Å². The number of carbonyl (C=O) groups is 2. The van der Waals surface area contributed by atoms with Crippen LogP contribution >= 0.6 is 0 Å². The Bertz CT molecular complexity index is 1090. The molecule has 3 aromatic rings. The predicted octanol–water partition coefficient (Wildman–Crippen LogP) is 2.39. The molecule has 2 aromatic carbocycles. The largest absolute Gasteiger partial charge is 0.481 e. The third-order valence-corrected chi connectivity index (χ3v) is 4.02. The van der Waals surface area contributed by atoms with Crippen LogP contribution in [0.25, 0.3) is 5.69 Å². The molecule has 0 spiro atoms. The molecular weight excluding hydrogens is 372 g/mol. The van der Waals surface area contributed by atoms with Crippen molar-refractivity contribution in [3.63, 3.8) is 0 Å². The maximum atomic E-state index is 14.0. The Balaban J connectivity index is 1.90. The van der Waals surface area contributed by atoms with E-state index in [1.165, 1.54) is 36.4 Å². The minimum atomic E-state index is -1.24. The molecule has 3 rings (SSSR count). The standard InChI is InChI=1S/C19H15F2N3O4/c20-12-6-2-1-5-11(12)14(10-18(26)27)22-19(28)15-9-17(25)24(23-15)16-8-4-3-7-13(16)21/h1-9,14,23H,10H2,(H,22,28)(H,26,27). The second-order valence-electron chi connectivity index (χ2n) is 5.94. The summed E-state index contributed by atoms with van der Waals surface area (Å²) in [7, 11) is 0. The van der Waals surface area contributed by atoms with Crippen molar-refractivity contribution in [2.45, 2.75) is 12.5 Å². The van der Waals surface area contributed by atoms with E-state index in [2.05, 4.69) is 10.4 Å². The molecule has 1 amide bonds. The summed E-state index contributed by atoms with van der Waals surface area (Å²) in [6.07, 6.45) is -0.565. The van der Waals surface area contributed by atoms with E-state index in [0.717, 1.165) is 22.9 Å². The molecule has 0 saturated heterocycles. The molecule has 0 radical (unpaired) electrons. The van der Waals surface area contributed by atoms with Crippen molar-refractivity contribution < 1.29 is 23.5 Å². The Kier molecular flexibility index (Phi) is 5.35. The van der Waals surface area contributed by atoms with Gasteiger partial charge in [0.15, 0.2) is 0 Å². The average molecular weight is 387 g/mol. The highest BCUT2D eigenvalue weighted by Crippen LogP contribution is 2.20. The first-order valence-electron chi connectivity index (χ1n) is 8.21. The number of halogens is 2. The van der Waals surface area contributed by atoms with Crippen molar-refractivity contribution in [3.05, 3.63) is 87.8 Å². The van der Waals surface area contributed by atoms with Crippen molar-refractivity contribution in [2.24, 2.45) is 0 Å². The molecule has 9 heteroatoms. The number of carboxylic acid groups (broad SMARTS) is 1. The molecule has 0 fully saturated rings. The summed E-state index contributed by atoms with van der Waals surface area (Å²) in [5.74, 6) is -3.42. The highest BCUT2D eigenvalue weighted by Gasteiger charge is 2.23. The molecular formula is C19H15F2N3O4. The molecule has 0 aliphatic carbocycles. The van der Waals surface area contributed by atoms with Gasteiger partial charge in [0.25, 0.3) is 11.5 Å². The third-order valence-electron chi connectivity index (χ3n) is 4.02. The van der Waals surface area contributed by atoms with Crippen LogP contribution in [0.2, 0.25) is 0 Å². The van der Waals surface area contributed by atoms with Gasteiger partial charge in [-0.15, -0.1) is 0 Å². The van der Waals surface area contributed by atoms with Gasteiger partial charge >= 0.3 is 5.97 Å². The zero-order chi connectivity index (χ0) is 20.3. The van der Waals surface area contributed by atoms with Crippen LogP contribution in [0.4, 0.5) is 8.78 Å². The summed E-state index contributed by atoms with van der Waals surface area (Å²) < 4.78 is 28.8. The number of benzene rings is 2. The molecule has 1 aromatic heterocycles. The number of aromatic nitrogens is 2. The van der Waals surface area contributed by atoms with Crippen LogP contribution in [0.15, 0.2) is 59.4 Å². The van der Waals surface area contributed by atoms with E-state index in [1.54, 1.807) is 0 Å². The molecule has 28 heavy (non-hydrogen) atoms. The van der Waals surface area contributed by atoms with Gasteiger partial charge < -0.3 is 10.4 Å². The van der Waals surface area contributed by atoms with E-state index in [9.17, 15) is 23.2 Å². The monoisotopic (exact) mass is 387 g/mol. The second-order valence-corrected chi connectivity index (χ2v) is 5.94. The molecule has 1 heterocycles. The summed E-state index contributed by atoms with van der Waals surface area (Å²) in [5, 5.41) is 13.9. The Morgan fingerprint density at radius 2 is 1.71 bits per heavy atom. The number of para-hydroxylation sites is 1. The van der Waals surface area contributed by atoms with Gasteiger partial charge in [0.05, 0.1) is 12.5 Å². The molecule has 7 nitrogen and oxygen atoms in total. The van der Waals surface area contributed by atoms with Gasteiger partial charge in [0, 0.05) is 11.6 Å². The minimum absolute atomic E-state index is 0.00543. The van der Waals surface area contributed by atoms with Crippen LogP contribution in [0.1, 0.15) is 28.5 Å². The lowest BCUT2D eigenvalue weighted by atomic mass is 10.0. The van der Waals surface area contributed by atoms with Crippen LogP contribution in [-0.2, 0) is 4.79 Å². The number of H-pyrrole nitrogens is 1. The molecule has 1 unspecified atom stereocenters. The Morgan fingerprint density at radius 1 is 1.07 bits per heavy atom. The van der Waals surface area contributed by atoms with E-state index >= 15 is 0 Å². The van der Waals surface area contributed by atoms with Crippen LogP contribution in [0, 0.1) is 11.6 Å².